The van der Waals surface area contributed by atoms with Gasteiger partial charge in [0.05, 0.1) is 17.4 Å². The van der Waals surface area contributed by atoms with Gasteiger partial charge in [0, 0.05) is 11.8 Å². The Morgan fingerprint density at radius 1 is 0.913 bits per heavy atom. The van der Waals surface area contributed by atoms with Crippen LogP contribution in [0.5, 0.6) is 0 Å². The second kappa shape index (κ2) is 6.31. The molecule has 0 bridgehead atoms. The van der Waals surface area contributed by atoms with Gasteiger partial charge in [0.25, 0.3) is 10.0 Å². The molecule has 1 N–H and O–H groups in total. The lowest BCUT2D eigenvalue weighted by atomic mass is 10.2. The van der Waals surface area contributed by atoms with E-state index in [1.807, 2.05) is 30.3 Å². The molecule has 0 spiro atoms. The molecule has 0 radical (unpaired) electrons. The highest BCUT2D eigenvalue weighted by Crippen LogP contribution is 2.21. The standard InChI is InChI=1S/C15H11ClN4O2S/c16-13-7-4-8-17-15(13)20-23(21,22)12-9-18-14(19-10-12)11-5-2-1-3-6-11/h1-10H,(H,17,20). The number of pyridine rings is 1. The maximum absolute atomic E-state index is 12.3. The molecule has 3 rings (SSSR count). The minimum Gasteiger partial charge on any atom is -0.262 e. The summed E-state index contributed by atoms with van der Waals surface area (Å²) in [5, 5.41) is 0.206. The minimum absolute atomic E-state index is 0.0568. The molecule has 0 atom stereocenters. The fraction of sp³-hybridized carbons (Fsp3) is 0. The first kappa shape index (κ1) is 15.4. The van der Waals surface area contributed by atoms with Gasteiger partial charge in [0.2, 0.25) is 0 Å². The van der Waals surface area contributed by atoms with Crippen molar-refractivity contribution in [2.24, 2.45) is 0 Å². The van der Waals surface area contributed by atoms with Gasteiger partial charge in [-0.2, -0.15) is 0 Å². The van der Waals surface area contributed by atoms with Crippen molar-refractivity contribution < 1.29 is 8.42 Å². The molecule has 0 unspecified atom stereocenters. The van der Waals surface area contributed by atoms with Crippen molar-refractivity contribution >= 4 is 27.4 Å². The Balaban J connectivity index is 1.88. The largest absolute Gasteiger partial charge is 0.266 e. The molecule has 6 nitrogen and oxygen atoms in total. The molecule has 0 aliphatic rings. The van der Waals surface area contributed by atoms with Crippen LogP contribution in [0.3, 0.4) is 0 Å². The van der Waals surface area contributed by atoms with E-state index < -0.39 is 10.0 Å². The summed E-state index contributed by atoms with van der Waals surface area (Å²) in [5.41, 5.74) is 0.803. The van der Waals surface area contributed by atoms with Crippen molar-refractivity contribution in [1.29, 1.82) is 0 Å². The molecular formula is C15H11ClN4O2S. The number of anilines is 1. The fourth-order valence-electron chi connectivity index (χ4n) is 1.84. The van der Waals surface area contributed by atoms with E-state index in [2.05, 4.69) is 19.7 Å². The van der Waals surface area contributed by atoms with Gasteiger partial charge in [0.15, 0.2) is 11.6 Å². The summed E-state index contributed by atoms with van der Waals surface area (Å²) in [5.74, 6) is 0.502. The highest BCUT2D eigenvalue weighted by molar-refractivity contribution is 7.92. The highest BCUT2D eigenvalue weighted by atomic mass is 35.5. The number of benzene rings is 1. The van der Waals surface area contributed by atoms with Crippen molar-refractivity contribution in [3.8, 4) is 11.4 Å². The van der Waals surface area contributed by atoms with Crippen molar-refractivity contribution in [2.75, 3.05) is 4.72 Å². The van der Waals surface area contributed by atoms with Gasteiger partial charge in [-0.25, -0.2) is 23.4 Å². The second-order valence-electron chi connectivity index (χ2n) is 4.55. The van der Waals surface area contributed by atoms with Crippen molar-refractivity contribution in [2.45, 2.75) is 4.90 Å². The number of rotatable bonds is 4. The second-order valence-corrected chi connectivity index (χ2v) is 6.64. The SMILES string of the molecule is O=S(=O)(Nc1ncccc1Cl)c1cnc(-c2ccccc2)nc1. The molecule has 0 amide bonds. The fourth-order valence-corrected chi connectivity index (χ4v) is 2.98. The molecular weight excluding hydrogens is 336 g/mol. The smallest absolute Gasteiger partial charge is 0.262 e. The van der Waals surface area contributed by atoms with Gasteiger partial charge in [-0.15, -0.1) is 0 Å². The predicted molar refractivity (Wildman–Crippen MR) is 87.5 cm³/mol. The molecule has 2 heterocycles. The Bertz CT molecular complexity index is 916. The molecule has 3 aromatic rings. The average Bonchev–Trinajstić information content (AvgIpc) is 2.58. The van der Waals surface area contributed by atoms with Crippen molar-refractivity contribution in [3.05, 3.63) is 66.1 Å². The third kappa shape index (κ3) is 3.46. The van der Waals surface area contributed by atoms with Crippen molar-refractivity contribution in [3.63, 3.8) is 0 Å². The number of nitrogens with one attached hydrogen (secondary N) is 1. The lowest BCUT2D eigenvalue weighted by Gasteiger charge is -2.08. The first-order chi connectivity index (χ1) is 11.1. The topological polar surface area (TPSA) is 84.8 Å². The zero-order valence-corrected chi connectivity index (χ0v) is 13.3. The summed E-state index contributed by atoms with van der Waals surface area (Å²) >= 11 is 5.90. The number of nitrogens with zero attached hydrogens (tertiary/aromatic N) is 3. The van der Waals surface area contributed by atoms with Gasteiger partial charge in [-0.05, 0) is 12.1 Å². The van der Waals surface area contributed by atoms with Crippen LogP contribution in [-0.4, -0.2) is 23.4 Å². The van der Waals surface area contributed by atoms with Crippen LogP contribution in [0.1, 0.15) is 0 Å². The molecule has 23 heavy (non-hydrogen) atoms. The van der Waals surface area contributed by atoms with E-state index >= 15 is 0 Å². The van der Waals surface area contributed by atoms with Gasteiger partial charge in [-0.3, -0.25) is 4.72 Å². The number of hydrogen-bond donors (Lipinski definition) is 1. The van der Waals surface area contributed by atoms with Gasteiger partial charge in [0.1, 0.15) is 4.90 Å². The zero-order chi connectivity index (χ0) is 16.3. The molecule has 0 saturated heterocycles. The first-order valence-electron chi connectivity index (χ1n) is 6.57. The van der Waals surface area contributed by atoms with E-state index in [-0.39, 0.29) is 15.7 Å². The Hall–Kier alpha value is -2.51. The molecule has 116 valence electrons. The van der Waals surface area contributed by atoms with Crippen LogP contribution in [-0.2, 0) is 10.0 Å². The Kier molecular flexibility index (Phi) is 4.22. The summed E-state index contributed by atoms with van der Waals surface area (Å²) in [6, 6.07) is 12.4. The van der Waals surface area contributed by atoms with Crippen LogP contribution < -0.4 is 4.72 Å². The molecule has 2 aromatic heterocycles. The molecule has 0 fully saturated rings. The van der Waals surface area contributed by atoms with E-state index in [0.717, 1.165) is 5.56 Å². The van der Waals surface area contributed by atoms with Crippen LogP contribution in [0, 0.1) is 0 Å². The van der Waals surface area contributed by atoms with E-state index in [0.29, 0.717) is 5.82 Å². The Morgan fingerprint density at radius 3 is 2.26 bits per heavy atom. The van der Waals surface area contributed by atoms with Gasteiger partial charge >= 0.3 is 0 Å². The Labute approximate surface area is 138 Å². The monoisotopic (exact) mass is 346 g/mol. The number of halogens is 1. The Morgan fingerprint density at radius 2 is 1.61 bits per heavy atom. The summed E-state index contributed by atoms with van der Waals surface area (Å²) in [6.07, 6.45) is 3.93. The number of aromatic nitrogens is 3. The molecule has 0 saturated carbocycles. The van der Waals surface area contributed by atoms with Crippen LogP contribution >= 0.6 is 11.6 Å². The minimum atomic E-state index is -3.86. The first-order valence-corrected chi connectivity index (χ1v) is 8.43. The quantitative estimate of drug-likeness (QED) is 0.785. The molecule has 1 aromatic carbocycles. The highest BCUT2D eigenvalue weighted by Gasteiger charge is 2.17. The maximum atomic E-state index is 12.3. The summed E-state index contributed by atoms with van der Waals surface area (Å²) in [4.78, 5) is 12.0. The summed E-state index contributed by atoms with van der Waals surface area (Å²) in [7, 11) is -3.86. The van der Waals surface area contributed by atoms with Crippen LogP contribution in [0.2, 0.25) is 5.02 Å². The van der Waals surface area contributed by atoms with Gasteiger partial charge < -0.3 is 0 Å². The zero-order valence-electron chi connectivity index (χ0n) is 11.7. The van der Waals surface area contributed by atoms with Crippen LogP contribution in [0.25, 0.3) is 11.4 Å². The normalized spacial score (nSPS) is 11.2. The lowest BCUT2D eigenvalue weighted by Crippen LogP contribution is -2.15. The number of hydrogen-bond acceptors (Lipinski definition) is 5. The predicted octanol–water partition coefficient (Wildman–Crippen LogP) is 2.99. The maximum Gasteiger partial charge on any atom is 0.266 e. The molecule has 0 aliphatic heterocycles. The van der Waals surface area contributed by atoms with Crippen LogP contribution in [0.4, 0.5) is 5.82 Å². The van der Waals surface area contributed by atoms with E-state index in [1.165, 1.54) is 18.6 Å². The molecule has 0 aliphatic carbocycles. The third-order valence-corrected chi connectivity index (χ3v) is 4.56. The summed E-state index contributed by atoms with van der Waals surface area (Å²) < 4.78 is 26.9. The average molecular weight is 347 g/mol. The third-order valence-electron chi connectivity index (χ3n) is 2.96. The lowest BCUT2D eigenvalue weighted by molar-refractivity contribution is 0.600. The number of sulfonamides is 1. The van der Waals surface area contributed by atoms with Crippen LogP contribution in [0.15, 0.2) is 66.0 Å². The molecule has 8 heteroatoms. The summed E-state index contributed by atoms with van der Waals surface area (Å²) in [6.45, 7) is 0. The van der Waals surface area contributed by atoms with E-state index in [1.54, 1.807) is 12.1 Å². The van der Waals surface area contributed by atoms with Crippen molar-refractivity contribution in [1.82, 2.24) is 15.0 Å². The van der Waals surface area contributed by atoms with Gasteiger partial charge in [-0.1, -0.05) is 41.9 Å². The van der Waals surface area contributed by atoms with E-state index in [9.17, 15) is 8.42 Å². The van der Waals surface area contributed by atoms with E-state index in [4.69, 9.17) is 11.6 Å².